The Labute approximate surface area is 115 Å². The van der Waals surface area contributed by atoms with Crippen molar-refractivity contribution in [2.24, 2.45) is 0 Å². The van der Waals surface area contributed by atoms with Crippen LogP contribution in [-0.2, 0) is 23.0 Å². The molecular formula is C12H17BrN2O3. The number of oxazole rings is 1. The molecule has 2 heterocycles. The van der Waals surface area contributed by atoms with Crippen molar-refractivity contribution in [1.82, 2.24) is 9.88 Å². The summed E-state index contributed by atoms with van der Waals surface area (Å²) in [5, 5.41) is 0.590. The van der Waals surface area contributed by atoms with E-state index in [1.54, 1.807) is 4.90 Å². The van der Waals surface area contributed by atoms with Gasteiger partial charge in [-0.25, -0.2) is 9.78 Å². The van der Waals surface area contributed by atoms with Crippen LogP contribution in [0.5, 0.6) is 0 Å². The molecule has 18 heavy (non-hydrogen) atoms. The lowest BCUT2D eigenvalue weighted by Gasteiger charge is -2.28. The number of fused-ring (bicyclic) bond motifs is 1. The third-order valence-corrected chi connectivity index (χ3v) is 3.02. The van der Waals surface area contributed by atoms with Crippen LogP contribution in [0.15, 0.2) is 4.42 Å². The lowest BCUT2D eigenvalue weighted by Crippen LogP contribution is -2.39. The molecule has 1 aliphatic rings. The molecule has 0 bridgehead atoms. The molecule has 1 amide bonds. The highest BCUT2D eigenvalue weighted by Gasteiger charge is 2.28. The fourth-order valence-electron chi connectivity index (χ4n) is 1.79. The average molecular weight is 317 g/mol. The summed E-state index contributed by atoms with van der Waals surface area (Å²) in [6, 6.07) is 0. The van der Waals surface area contributed by atoms with Gasteiger partial charge < -0.3 is 14.1 Å². The summed E-state index contributed by atoms with van der Waals surface area (Å²) in [6.45, 7) is 6.65. The molecule has 1 aromatic rings. The minimum absolute atomic E-state index is 0.295. The molecule has 0 unspecified atom stereocenters. The number of hydrogen-bond acceptors (Lipinski definition) is 4. The van der Waals surface area contributed by atoms with E-state index in [0.717, 1.165) is 11.5 Å². The van der Waals surface area contributed by atoms with Gasteiger partial charge in [-0.05, 0) is 20.8 Å². The first kappa shape index (κ1) is 13.4. The second kappa shape index (κ2) is 4.91. The fourth-order valence-corrected chi connectivity index (χ4v) is 2.03. The third kappa shape index (κ3) is 3.04. The van der Waals surface area contributed by atoms with Crippen LogP contribution >= 0.6 is 15.9 Å². The summed E-state index contributed by atoms with van der Waals surface area (Å²) in [6.07, 6.45) is 0.394. The van der Waals surface area contributed by atoms with E-state index >= 15 is 0 Å². The van der Waals surface area contributed by atoms with Gasteiger partial charge in [0.05, 0.1) is 11.9 Å². The Kier molecular flexibility index (Phi) is 3.66. The highest BCUT2D eigenvalue weighted by molar-refractivity contribution is 9.08. The third-order valence-electron chi connectivity index (χ3n) is 2.54. The van der Waals surface area contributed by atoms with E-state index in [4.69, 9.17) is 9.15 Å². The van der Waals surface area contributed by atoms with Crippen LogP contribution in [0.1, 0.15) is 38.1 Å². The molecule has 2 rings (SSSR count). The number of carbonyl (C=O) groups excluding carboxylic acids is 1. The van der Waals surface area contributed by atoms with Crippen LogP contribution in [0.4, 0.5) is 4.79 Å². The smallest absolute Gasteiger partial charge is 0.410 e. The van der Waals surface area contributed by atoms with Crippen molar-refractivity contribution in [3.05, 3.63) is 17.3 Å². The zero-order valence-electron chi connectivity index (χ0n) is 10.8. The van der Waals surface area contributed by atoms with Crippen LogP contribution in [0.3, 0.4) is 0 Å². The van der Waals surface area contributed by atoms with E-state index in [1.165, 1.54) is 0 Å². The van der Waals surface area contributed by atoms with Crippen molar-refractivity contribution in [3.63, 3.8) is 0 Å². The van der Waals surface area contributed by atoms with E-state index < -0.39 is 5.60 Å². The van der Waals surface area contributed by atoms with Crippen molar-refractivity contribution >= 4 is 22.0 Å². The van der Waals surface area contributed by atoms with E-state index in [-0.39, 0.29) is 6.09 Å². The summed E-state index contributed by atoms with van der Waals surface area (Å²) in [5.74, 6) is 1.54. The number of amides is 1. The molecule has 6 heteroatoms. The van der Waals surface area contributed by atoms with Crippen molar-refractivity contribution in [2.45, 2.75) is 44.7 Å². The predicted octanol–water partition coefficient (Wildman–Crippen LogP) is 2.86. The Balaban J connectivity index is 2.05. The maximum Gasteiger partial charge on any atom is 0.410 e. The zero-order chi connectivity index (χ0) is 13.3. The molecule has 0 spiro atoms. The molecular weight excluding hydrogens is 300 g/mol. The molecule has 100 valence electrons. The highest BCUT2D eigenvalue weighted by Crippen LogP contribution is 2.22. The van der Waals surface area contributed by atoms with Crippen LogP contribution in [0, 0.1) is 0 Å². The number of carbonyl (C=O) groups is 1. The lowest BCUT2D eigenvalue weighted by molar-refractivity contribution is 0.0217. The molecule has 5 nitrogen and oxygen atoms in total. The molecule has 0 saturated heterocycles. The Morgan fingerprint density at radius 1 is 1.56 bits per heavy atom. The predicted molar refractivity (Wildman–Crippen MR) is 69.5 cm³/mol. The molecule has 0 N–H and O–H groups in total. The number of rotatable bonds is 1. The first-order chi connectivity index (χ1) is 8.39. The van der Waals surface area contributed by atoms with Gasteiger partial charge >= 0.3 is 6.09 Å². The molecule has 1 aromatic heterocycles. The standard InChI is InChI=1S/C12H17BrN2O3/c1-12(2,3)18-11(16)15-5-4-9-8(7-15)14-10(6-13)17-9/h4-7H2,1-3H3. The average Bonchev–Trinajstić information content (AvgIpc) is 2.68. The molecule has 0 saturated carbocycles. The number of aromatic nitrogens is 1. The molecule has 1 aliphatic heterocycles. The summed E-state index contributed by atoms with van der Waals surface area (Å²) in [4.78, 5) is 17.9. The summed E-state index contributed by atoms with van der Waals surface area (Å²) < 4.78 is 10.9. The van der Waals surface area contributed by atoms with E-state index in [2.05, 4.69) is 20.9 Å². The number of hydrogen-bond donors (Lipinski definition) is 0. The van der Waals surface area contributed by atoms with Crippen LogP contribution in [0.2, 0.25) is 0 Å². The van der Waals surface area contributed by atoms with Gasteiger partial charge in [-0.3, -0.25) is 0 Å². The van der Waals surface area contributed by atoms with E-state index in [1.807, 2.05) is 20.8 Å². The van der Waals surface area contributed by atoms with Crippen molar-refractivity contribution in [1.29, 1.82) is 0 Å². The monoisotopic (exact) mass is 316 g/mol. The largest absolute Gasteiger partial charge is 0.444 e. The number of ether oxygens (including phenoxy) is 1. The lowest BCUT2D eigenvalue weighted by atomic mass is 10.2. The summed E-state index contributed by atoms with van der Waals surface area (Å²) in [7, 11) is 0. The number of halogens is 1. The van der Waals surface area contributed by atoms with Crippen molar-refractivity contribution in [3.8, 4) is 0 Å². The Morgan fingerprint density at radius 2 is 2.28 bits per heavy atom. The van der Waals surface area contributed by atoms with Gasteiger partial charge in [-0.15, -0.1) is 0 Å². The van der Waals surface area contributed by atoms with E-state index in [9.17, 15) is 4.79 Å². The van der Waals surface area contributed by atoms with Crippen LogP contribution in [-0.4, -0.2) is 28.1 Å². The van der Waals surface area contributed by atoms with Gasteiger partial charge in [-0.1, -0.05) is 15.9 Å². The molecule has 0 radical (unpaired) electrons. The highest BCUT2D eigenvalue weighted by atomic mass is 79.9. The van der Waals surface area contributed by atoms with Gasteiger partial charge in [0.15, 0.2) is 0 Å². The number of alkyl halides is 1. The molecule has 0 aliphatic carbocycles. The van der Waals surface area contributed by atoms with Crippen molar-refractivity contribution in [2.75, 3.05) is 6.54 Å². The quantitative estimate of drug-likeness (QED) is 0.747. The second-order valence-corrected chi connectivity index (χ2v) is 5.82. The topological polar surface area (TPSA) is 55.6 Å². The van der Waals surface area contributed by atoms with Gasteiger partial charge in [-0.2, -0.15) is 0 Å². The van der Waals surface area contributed by atoms with Crippen LogP contribution in [0.25, 0.3) is 0 Å². The van der Waals surface area contributed by atoms with Gasteiger partial charge in [0.25, 0.3) is 0 Å². The first-order valence-electron chi connectivity index (χ1n) is 5.90. The summed E-state index contributed by atoms with van der Waals surface area (Å²) >= 11 is 3.31. The molecule has 0 atom stereocenters. The molecule has 0 fully saturated rings. The zero-order valence-corrected chi connectivity index (χ0v) is 12.4. The SMILES string of the molecule is CC(C)(C)OC(=O)N1CCc2oc(CBr)nc2C1. The Morgan fingerprint density at radius 3 is 2.89 bits per heavy atom. The number of nitrogens with zero attached hydrogens (tertiary/aromatic N) is 2. The maximum absolute atomic E-state index is 11.9. The van der Waals surface area contributed by atoms with Crippen LogP contribution < -0.4 is 0 Å². The van der Waals surface area contributed by atoms with Crippen molar-refractivity contribution < 1.29 is 13.9 Å². The maximum atomic E-state index is 11.9. The fraction of sp³-hybridized carbons (Fsp3) is 0.667. The Bertz CT molecular complexity index is 451. The minimum atomic E-state index is -0.470. The normalized spacial score (nSPS) is 15.4. The second-order valence-electron chi connectivity index (χ2n) is 5.26. The van der Waals surface area contributed by atoms with Gasteiger partial charge in [0.2, 0.25) is 5.89 Å². The Hall–Kier alpha value is -1.04. The molecule has 0 aromatic carbocycles. The van der Waals surface area contributed by atoms with E-state index in [0.29, 0.717) is 30.7 Å². The summed E-state index contributed by atoms with van der Waals surface area (Å²) in [5.41, 5.74) is 0.365. The minimum Gasteiger partial charge on any atom is -0.444 e. The van der Waals surface area contributed by atoms with Gasteiger partial charge in [0, 0.05) is 13.0 Å². The first-order valence-corrected chi connectivity index (χ1v) is 7.02. The van der Waals surface area contributed by atoms with Gasteiger partial charge in [0.1, 0.15) is 17.1 Å².